The Morgan fingerprint density at radius 2 is 0.846 bits per heavy atom. The zero-order valence-corrected chi connectivity index (χ0v) is 18.7. The molecule has 0 aliphatic carbocycles. The highest BCUT2D eigenvalue weighted by Gasteiger charge is 2.13. The summed E-state index contributed by atoms with van der Waals surface area (Å²) < 4.78 is 17.0. The molecule has 0 radical (unpaired) electrons. The first-order chi connectivity index (χ1) is 12.8. The third-order valence-corrected chi connectivity index (χ3v) is 5.35. The highest BCUT2D eigenvalue weighted by atomic mass is 31.2. The van der Waals surface area contributed by atoms with Gasteiger partial charge in [0.1, 0.15) is 0 Å². The number of hydrogen-bond donors (Lipinski definition) is 0. The molecule has 0 bridgehead atoms. The van der Waals surface area contributed by atoms with Crippen LogP contribution in [0, 0.1) is 0 Å². The maximum Gasteiger partial charge on any atom is 0.362 e. The van der Waals surface area contributed by atoms with Crippen molar-refractivity contribution in [2.45, 2.75) is 117 Å². The largest absolute Gasteiger partial charge is 0.362 e. The molecule has 0 atom stereocenters. The highest BCUT2D eigenvalue weighted by Crippen LogP contribution is 2.40. The van der Waals surface area contributed by atoms with Crippen molar-refractivity contribution in [1.82, 2.24) is 0 Å². The van der Waals surface area contributed by atoms with Crippen molar-refractivity contribution in [1.29, 1.82) is 0 Å². The van der Waals surface area contributed by atoms with Crippen molar-refractivity contribution < 1.29 is 18.6 Å². The standard InChI is InChI=1S/C21H45O4P/c1-4-7-10-12-14-17-20-23-26(25-22-19-16-9-6-3)24-21-18-15-13-11-8-5-2/h4-21H2,1-3H3. The lowest BCUT2D eigenvalue weighted by Gasteiger charge is -2.15. The van der Waals surface area contributed by atoms with Gasteiger partial charge in [0, 0.05) is 0 Å². The highest BCUT2D eigenvalue weighted by molar-refractivity contribution is 7.41. The van der Waals surface area contributed by atoms with Gasteiger partial charge in [0.25, 0.3) is 0 Å². The van der Waals surface area contributed by atoms with Gasteiger partial charge in [-0.3, -0.25) is 0 Å². The summed E-state index contributed by atoms with van der Waals surface area (Å²) in [7, 11) is -1.36. The molecule has 158 valence electrons. The Hall–Kier alpha value is 0.270. The second-order valence-corrected chi connectivity index (χ2v) is 8.14. The van der Waals surface area contributed by atoms with Gasteiger partial charge in [-0.2, -0.15) is 4.67 Å². The molecule has 0 fully saturated rings. The molecule has 0 saturated heterocycles. The lowest BCUT2D eigenvalue weighted by atomic mass is 10.1. The van der Waals surface area contributed by atoms with E-state index in [1.54, 1.807) is 0 Å². The number of hydrogen-bond acceptors (Lipinski definition) is 4. The molecule has 5 heteroatoms. The van der Waals surface area contributed by atoms with E-state index in [0.29, 0.717) is 19.8 Å². The molecule has 0 saturated carbocycles. The first-order valence-corrected chi connectivity index (χ1v) is 12.3. The molecule has 0 spiro atoms. The van der Waals surface area contributed by atoms with Crippen molar-refractivity contribution in [3.05, 3.63) is 0 Å². The summed E-state index contributed by atoms with van der Waals surface area (Å²) in [4.78, 5) is 5.30. The second kappa shape index (κ2) is 23.3. The van der Waals surface area contributed by atoms with Crippen molar-refractivity contribution >= 4 is 8.60 Å². The third-order valence-electron chi connectivity index (χ3n) is 4.33. The van der Waals surface area contributed by atoms with Crippen LogP contribution in [0.15, 0.2) is 0 Å². The Kier molecular flexibility index (Phi) is 23.6. The third kappa shape index (κ3) is 20.6. The first-order valence-electron chi connectivity index (χ1n) is 11.2. The van der Waals surface area contributed by atoms with E-state index < -0.39 is 8.60 Å². The van der Waals surface area contributed by atoms with Crippen LogP contribution in [-0.4, -0.2) is 19.8 Å². The van der Waals surface area contributed by atoms with Crippen molar-refractivity contribution in [2.75, 3.05) is 19.8 Å². The molecule has 0 rings (SSSR count). The molecular weight excluding hydrogens is 347 g/mol. The van der Waals surface area contributed by atoms with Crippen LogP contribution in [0.5, 0.6) is 0 Å². The SMILES string of the molecule is CCCCCCCCOP(OCCCCCCCC)OOCCCCC. The molecule has 0 amide bonds. The molecule has 0 heterocycles. The molecule has 0 aliphatic heterocycles. The van der Waals surface area contributed by atoms with E-state index in [9.17, 15) is 0 Å². The summed E-state index contributed by atoms with van der Waals surface area (Å²) in [5, 5.41) is 0. The lowest BCUT2D eigenvalue weighted by molar-refractivity contribution is -0.218. The zero-order valence-electron chi connectivity index (χ0n) is 17.8. The van der Waals surface area contributed by atoms with E-state index in [0.717, 1.165) is 19.3 Å². The van der Waals surface area contributed by atoms with Gasteiger partial charge in [-0.1, -0.05) is 97.8 Å². The van der Waals surface area contributed by atoms with Crippen molar-refractivity contribution in [3.8, 4) is 0 Å². The lowest BCUT2D eigenvalue weighted by Crippen LogP contribution is -2.01. The Morgan fingerprint density at radius 3 is 1.35 bits per heavy atom. The summed E-state index contributed by atoms with van der Waals surface area (Å²) in [5.41, 5.74) is 0. The predicted molar refractivity (Wildman–Crippen MR) is 112 cm³/mol. The fourth-order valence-electron chi connectivity index (χ4n) is 2.61. The van der Waals surface area contributed by atoms with Gasteiger partial charge < -0.3 is 9.05 Å². The Labute approximate surface area is 164 Å². The fraction of sp³-hybridized carbons (Fsp3) is 1.00. The van der Waals surface area contributed by atoms with Crippen molar-refractivity contribution in [3.63, 3.8) is 0 Å². The second-order valence-electron chi connectivity index (χ2n) is 7.03. The molecule has 0 aromatic carbocycles. The van der Waals surface area contributed by atoms with Crippen LogP contribution in [0.4, 0.5) is 0 Å². The maximum atomic E-state index is 5.80. The summed E-state index contributed by atoms with van der Waals surface area (Å²) >= 11 is 0. The van der Waals surface area contributed by atoms with Crippen LogP contribution in [0.2, 0.25) is 0 Å². The Morgan fingerprint density at radius 1 is 0.462 bits per heavy atom. The van der Waals surface area contributed by atoms with Gasteiger partial charge in [-0.15, -0.1) is 0 Å². The topological polar surface area (TPSA) is 36.9 Å². The number of unbranched alkanes of at least 4 members (excludes halogenated alkanes) is 12. The molecule has 0 aromatic heterocycles. The quantitative estimate of drug-likeness (QED) is 0.0807. The number of rotatable bonds is 22. The fourth-order valence-corrected chi connectivity index (χ4v) is 3.49. The molecule has 0 N–H and O–H groups in total. The average molecular weight is 393 g/mol. The van der Waals surface area contributed by atoms with Gasteiger partial charge in [-0.25, -0.2) is 4.89 Å². The van der Waals surface area contributed by atoms with Gasteiger partial charge in [0.15, 0.2) is 0 Å². The molecule has 0 aliphatic rings. The molecule has 0 aromatic rings. The smallest absolute Gasteiger partial charge is 0.311 e. The summed E-state index contributed by atoms with van der Waals surface area (Å²) in [6, 6.07) is 0. The zero-order chi connectivity index (χ0) is 19.1. The van der Waals surface area contributed by atoms with Crippen LogP contribution in [0.3, 0.4) is 0 Å². The van der Waals surface area contributed by atoms with Crippen LogP contribution in [0.1, 0.15) is 117 Å². The molecule has 0 unspecified atom stereocenters. The van der Waals surface area contributed by atoms with E-state index in [-0.39, 0.29) is 0 Å². The van der Waals surface area contributed by atoms with Gasteiger partial charge in [0.2, 0.25) is 0 Å². The average Bonchev–Trinajstić information content (AvgIpc) is 2.65. The van der Waals surface area contributed by atoms with Gasteiger partial charge >= 0.3 is 8.60 Å². The van der Waals surface area contributed by atoms with E-state index in [4.69, 9.17) is 18.6 Å². The minimum Gasteiger partial charge on any atom is -0.311 e. The summed E-state index contributed by atoms with van der Waals surface area (Å²) in [6.45, 7) is 8.69. The Balaban J connectivity index is 3.75. The van der Waals surface area contributed by atoms with Crippen molar-refractivity contribution in [2.24, 2.45) is 0 Å². The minimum atomic E-state index is -1.36. The normalized spacial score (nSPS) is 11.5. The molecule has 4 nitrogen and oxygen atoms in total. The van der Waals surface area contributed by atoms with Gasteiger partial charge in [0.05, 0.1) is 19.8 Å². The van der Waals surface area contributed by atoms with Crippen LogP contribution in [0.25, 0.3) is 0 Å². The Bertz CT molecular complexity index is 236. The monoisotopic (exact) mass is 392 g/mol. The maximum absolute atomic E-state index is 5.80. The van der Waals surface area contributed by atoms with Crippen LogP contribution >= 0.6 is 8.60 Å². The molecular formula is C21H45O4P. The van der Waals surface area contributed by atoms with E-state index >= 15 is 0 Å². The summed E-state index contributed by atoms with van der Waals surface area (Å²) in [6.07, 6.45) is 18.5. The van der Waals surface area contributed by atoms with E-state index in [1.807, 2.05) is 0 Å². The van der Waals surface area contributed by atoms with Gasteiger partial charge in [-0.05, 0) is 19.3 Å². The minimum absolute atomic E-state index is 0.618. The van der Waals surface area contributed by atoms with E-state index in [1.165, 1.54) is 77.0 Å². The summed E-state index contributed by atoms with van der Waals surface area (Å²) in [5.74, 6) is 0. The van der Waals surface area contributed by atoms with Crippen LogP contribution in [-0.2, 0) is 18.6 Å². The van der Waals surface area contributed by atoms with Crippen LogP contribution < -0.4 is 0 Å². The molecule has 26 heavy (non-hydrogen) atoms. The van der Waals surface area contributed by atoms with E-state index in [2.05, 4.69) is 20.8 Å². The first kappa shape index (κ1) is 26.3. The predicted octanol–water partition coefficient (Wildman–Crippen LogP) is 8.11.